The SMILES string of the molecule is CCOC(=O)/N=N\C(=O)OCC. The highest BCUT2D eigenvalue weighted by Crippen LogP contribution is 1.88. The smallest absolute Gasteiger partial charge is 0.447 e. The minimum atomic E-state index is -0.898. The van der Waals surface area contributed by atoms with E-state index in [-0.39, 0.29) is 13.2 Å². The van der Waals surface area contributed by atoms with Crippen LogP contribution in [0.2, 0.25) is 0 Å². The van der Waals surface area contributed by atoms with Gasteiger partial charge < -0.3 is 9.47 Å². The molecular weight excluding hydrogens is 164 g/mol. The summed E-state index contributed by atoms with van der Waals surface area (Å²) in [7, 11) is 0. The quantitative estimate of drug-likeness (QED) is 0.597. The van der Waals surface area contributed by atoms with Gasteiger partial charge in [0.15, 0.2) is 0 Å². The van der Waals surface area contributed by atoms with Crippen LogP contribution in [-0.2, 0) is 9.47 Å². The molecule has 0 aliphatic heterocycles. The summed E-state index contributed by atoms with van der Waals surface area (Å²) in [5.41, 5.74) is 0. The van der Waals surface area contributed by atoms with Gasteiger partial charge in [-0.25, -0.2) is 9.59 Å². The number of ether oxygens (including phenoxy) is 2. The molecule has 68 valence electrons. The third kappa shape index (κ3) is 5.33. The van der Waals surface area contributed by atoms with Crippen molar-refractivity contribution in [1.82, 2.24) is 0 Å². The van der Waals surface area contributed by atoms with Crippen molar-refractivity contribution < 1.29 is 19.1 Å². The Hall–Kier alpha value is -1.46. The van der Waals surface area contributed by atoms with Crippen molar-refractivity contribution in [3.63, 3.8) is 0 Å². The minimum Gasteiger partial charge on any atom is -0.447 e. The third-order valence-corrected chi connectivity index (χ3v) is 0.749. The highest BCUT2D eigenvalue weighted by atomic mass is 16.6. The molecule has 2 amide bonds. The summed E-state index contributed by atoms with van der Waals surface area (Å²) in [6.07, 6.45) is -1.80. The maximum atomic E-state index is 10.5. The largest absolute Gasteiger partial charge is 0.452 e. The van der Waals surface area contributed by atoms with Crippen molar-refractivity contribution in [2.75, 3.05) is 13.2 Å². The van der Waals surface area contributed by atoms with Crippen LogP contribution in [-0.4, -0.2) is 25.4 Å². The number of carbonyl (C=O) groups excluding carboxylic acids is 2. The monoisotopic (exact) mass is 174 g/mol. The summed E-state index contributed by atoms with van der Waals surface area (Å²) in [6, 6.07) is 0. The van der Waals surface area contributed by atoms with Crippen LogP contribution < -0.4 is 0 Å². The number of amides is 2. The van der Waals surface area contributed by atoms with Crippen LogP contribution in [0.15, 0.2) is 10.2 Å². The first kappa shape index (κ1) is 10.5. The van der Waals surface area contributed by atoms with Crippen LogP contribution in [0, 0.1) is 0 Å². The first-order chi connectivity index (χ1) is 5.70. The molecule has 0 aromatic carbocycles. The summed E-state index contributed by atoms with van der Waals surface area (Å²) >= 11 is 0. The van der Waals surface area contributed by atoms with Crippen LogP contribution in [0.25, 0.3) is 0 Å². The summed E-state index contributed by atoms with van der Waals surface area (Å²) in [4.78, 5) is 20.9. The van der Waals surface area contributed by atoms with Gasteiger partial charge in [-0.15, -0.1) is 0 Å². The van der Waals surface area contributed by atoms with E-state index in [9.17, 15) is 9.59 Å². The average Bonchev–Trinajstić information content (AvgIpc) is 2.02. The molecular formula is C6H10N2O4. The van der Waals surface area contributed by atoms with Gasteiger partial charge in [0.2, 0.25) is 0 Å². The zero-order chi connectivity index (χ0) is 9.40. The number of hydrogen-bond donors (Lipinski definition) is 0. The predicted molar refractivity (Wildman–Crippen MR) is 38.9 cm³/mol. The van der Waals surface area contributed by atoms with Gasteiger partial charge in [0.05, 0.1) is 13.2 Å². The van der Waals surface area contributed by atoms with Crippen LogP contribution >= 0.6 is 0 Å². The topological polar surface area (TPSA) is 77.3 Å². The minimum absolute atomic E-state index is 0.195. The predicted octanol–water partition coefficient (Wildman–Crippen LogP) is 1.75. The molecule has 0 saturated carbocycles. The standard InChI is InChI=1S/C6H10N2O4/c1-3-11-5(9)7-8-6(10)12-4-2/h3-4H2,1-2H3/b8-7-. The lowest BCUT2D eigenvalue weighted by molar-refractivity contribution is 0.152. The Kier molecular flexibility index (Phi) is 5.50. The van der Waals surface area contributed by atoms with E-state index in [2.05, 4.69) is 19.7 Å². The number of hydrogen-bond acceptors (Lipinski definition) is 4. The lowest BCUT2D eigenvalue weighted by Crippen LogP contribution is -2.00. The molecule has 0 spiro atoms. The van der Waals surface area contributed by atoms with Gasteiger partial charge in [0, 0.05) is 0 Å². The Morgan fingerprint density at radius 3 is 1.58 bits per heavy atom. The molecule has 0 heterocycles. The Labute approximate surface area is 69.6 Å². The summed E-state index contributed by atoms with van der Waals surface area (Å²) in [6.45, 7) is 3.64. The molecule has 0 aromatic heterocycles. The third-order valence-electron chi connectivity index (χ3n) is 0.749. The van der Waals surface area contributed by atoms with Crippen molar-refractivity contribution in [1.29, 1.82) is 0 Å². The van der Waals surface area contributed by atoms with Crippen molar-refractivity contribution >= 4 is 12.2 Å². The van der Waals surface area contributed by atoms with Crippen LogP contribution in [0.1, 0.15) is 13.8 Å². The molecule has 0 aliphatic carbocycles. The molecule has 0 fully saturated rings. The summed E-state index contributed by atoms with van der Waals surface area (Å²) in [5.74, 6) is 0. The van der Waals surface area contributed by atoms with Gasteiger partial charge in [0.1, 0.15) is 0 Å². The van der Waals surface area contributed by atoms with Crippen LogP contribution in [0.5, 0.6) is 0 Å². The fourth-order valence-electron chi connectivity index (χ4n) is 0.386. The summed E-state index contributed by atoms with van der Waals surface area (Å²) < 4.78 is 8.73. The van der Waals surface area contributed by atoms with E-state index in [0.717, 1.165) is 0 Å². The zero-order valence-corrected chi connectivity index (χ0v) is 6.94. The van der Waals surface area contributed by atoms with Crippen LogP contribution in [0.4, 0.5) is 9.59 Å². The number of nitrogens with zero attached hydrogens (tertiary/aromatic N) is 2. The lowest BCUT2D eigenvalue weighted by Gasteiger charge is -1.93. The molecule has 0 aliphatic rings. The molecule has 0 radical (unpaired) electrons. The maximum absolute atomic E-state index is 10.5. The molecule has 0 atom stereocenters. The van der Waals surface area contributed by atoms with Gasteiger partial charge >= 0.3 is 12.2 Å². The molecule has 0 rings (SSSR count). The Balaban J connectivity index is 3.73. The maximum Gasteiger partial charge on any atom is 0.452 e. The molecule has 0 unspecified atom stereocenters. The summed E-state index contributed by atoms with van der Waals surface area (Å²) in [5, 5.41) is 5.84. The van der Waals surface area contributed by atoms with Crippen molar-refractivity contribution in [2.24, 2.45) is 10.2 Å². The number of carbonyl (C=O) groups is 2. The van der Waals surface area contributed by atoms with Crippen molar-refractivity contribution in [2.45, 2.75) is 13.8 Å². The van der Waals surface area contributed by atoms with E-state index < -0.39 is 12.2 Å². The molecule has 6 nitrogen and oxygen atoms in total. The van der Waals surface area contributed by atoms with E-state index >= 15 is 0 Å². The highest BCUT2D eigenvalue weighted by molar-refractivity contribution is 5.73. The van der Waals surface area contributed by atoms with E-state index in [1.165, 1.54) is 0 Å². The second kappa shape index (κ2) is 6.26. The fourth-order valence-corrected chi connectivity index (χ4v) is 0.386. The van der Waals surface area contributed by atoms with Gasteiger partial charge in [-0.2, -0.15) is 0 Å². The highest BCUT2D eigenvalue weighted by Gasteiger charge is 2.00. The molecule has 0 aromatic rings. The lowest BCUT2D eigenvalue weighted by atomic mass is 10.9. The van der Waals surface area contributed by atoms with E-state index in [0.29, 0.717) is 0 Å². The van der Waals surface area contributed by atoms with Crippen LogP contribution in [0.3, 0.4) is 0 Å². The number of azo groups is 1. The molecule has 0 N–H and O–H groups in total. The second-order valence-electron chi connectivity index (χ2n) is 1.60. The van der Waals surface area contributed by atoms with Gasteiger partial charge in [0.25, 0.3) is 0 Å². The zero-order valence-electron chi connectivity index (χ0n) is 6.94. The Morgan fingerprint density at radius 2 is 1.33 bits per heavy atom. The van der Waals surface area contributed by atoms with Crippen molar-refractivity contribution in [3.05, 3.63) is 0 Å². The normalized spacial score (nSPS) is 9.83. The fraction of sp³-hybridized carbons (Fsp3) is 0.667. The van der Waals surface area contributed by atoms with E-state index in [1.807, 2.05) is 0 Å². The molecule has 0 bridgehead atoms. The van der Waals surface area contributed by atoms with Crippen molar-refractivity contribution in [3.8, 4) is 0 Å². The van der Waals surface area contributed by atoms with E-state index in [4.69, 9.17) is 0 Å². The number of rotatable bonds is 2. The van der Waals surface area contributed by atoms with E-state index in [1.54, 1.807) is 13.8 Å². The van der Waals surface area contributed by atoms with Gasteiger partial charge in [-0.1, -0.05) is 10.2 Å². The first-order valence-electron chi connectivity index (χ1n) is 3.46. The second-order valence-corrected chi connectivity index (χ2v) is 1.60. The molecule has 0 saturated heterocycles. The first-order valence-corrected chi connectivity index (χ1v) is 3.46. The Bertz CT molecular complexity index is 170. The molecule has 6 heteroatoms. The van der Waals surface area contributed by atoms with Gasteiger partial charge in [-0.3, -0.25) is 0 Å². The molecule has 12 heavy (non-hydrogen) atoms. The average molecular weight is 174 g/mol. The Morgan fingerprint density at radius 1 is 1.00 bits per heavy atom. The van der Waals surface area contributed by atoms with Gasteiger partial charge in [-0.05, 0) is 13.8 Å².